The molecule has 0 fully saturated rings. The van der Waals surface area contributed by atoms with Crippen LogP contribution in [-0.2, 0) is 16.4 Å². The van der Waals surface area contributed by atoms with E-state index in [1.54, 1.807) is 0 Å². The molecule has 0 bridgehead atoms. The highest BCUT2D eigenvalue weighted by molar-refractivity contribution is 7.92. The third-order valence-corrected chi connectivity index (χ3v) is 5.32. The number of sulfonamides is 1. The summed E-state index contributed by atoms with van der Waals surface area (Å²) in [7, 11) is -3.57. The van der Waals surface area contributed by atoms with Crippen molar-refractivity contribution in [2.45, 2.75) is 17.7 Å². The lowest BCUT2D eigenvalue weighted by molar-refractivity contribution is 0.474. The maximum Gasteiger partial charge on any atom is 0.264 e. The molecule has 5 heteroatoms. The lowest BCUT2D eigenvalue weighted by Gasteiger charge is -2.30. The Labute approximate surface area is 118 Å². The van der Waals surface area contributed by atoms with E-state index in [2.05, 4.69) is 0 Å². The summed E-state index contributed by atoms with van der Waals surface area (Å²) in [6.45, 7) is 0.486. The van der Waals surface area contributed by atoms with Crippen molar-refractivity contribution in [2.24, 2.45) is 0 Å². The molecule has 104 valence electrons. The molecule has 2 aromatic rings. The van der Waals surface area contributed by atoms with E-state index in [1.807, 2.05) is 24.3 Å². The van der Waals surface area contributed by atoms with Gasteiger partial charge in [0.2, 0.25) is 0 Å². The molecule has 1 N–H and O–H groups in total. The Balaban J connectivity index is 2.07. The van der Waals surface area contributed by atoms with Gasteiger partial charge in [0.05, 0.1) is 10.6 Å². The number of aryl methyl sites for hydroxylation is 1. The monoisotopic (exact) mass is 289 g/mol. The van der Waals surface area contributed by atoms with E-state index in [-0.39, 0.29) is 10.6 Å². The first-order chi connectivity index (χ1) is 9.59. The van der Waals surface area contributed by atoms with Crippen LogP contribution in [0.1, 0.15) is 12.0 Å². The Morgan fingerprint density at radius 3 is 2.45 bits per heavy atom. The first-order valence-electron chi connectivity index (χ1n) is 6.49. The molecule has 0 atom stereocenters. The maximum absolute atomic E-state index is 12.7. The van der Waals surface area contributed by atoms with Crippen LogP contribution in [0.4, 0.5) is 5.69 Å². The van der Waals surface area contributed by atoms with Crippen molar-refractivity contribution in [3.05, 3.63) is 54.1 Å². The standard InChI is InChI=1S/C15H15NO3S/c17-13-7-9-14(10-8-13)20(18,19)16-11-3-5-12-4-1-2-6-15(12)16/h1-2,4,6-10,17H,3,5,11H2. The van der Waals surface area contributed by atoms with E-state index >= 15 is 0 Å². The van der Waals surface area contributed by atoms with Gasteiger partial charge in [0, 0.05) is 6.54 Å². The summed E-state index contributed by atoms with van der Waals surface area (Å²) in [4.78, 5) is 0.201. The van der Waals surface area contributed by atoms with Crippen LogP contribution in [0.3, 0.4) is 0 Å². The summed E-state index contributed by atoms with van der Waals surface area (Å²) in [5, 5.41) is 9.28. The second kappa shape index (κ2) is 4.83. The quantitative estimate of drug-likeness (QED) is 0.924. The Hall–Kier alpha value is -2.01. The Bertz CT molecular complexity index is 723. The highest BCUT2D eigenvalue weighted by Crippen LogP contribution is 2.31. The van der Waals surface area contributed by atoms with Crippen LogP contribution in [0.5, 0.6) is 5.75 Å². The molecule has 0 spiro atoms. The van der Waals surface area contributed by atoms with Crippen molar-refractivity contribution < 1.29 is 13.5 Å². The van der Waals surface area contributed by atoms with Gasteiger partial charge in [0.1, 0.15) is 5.75 Å². The fraction of sp³-hybridized carbons (Fsp3) is 0.200. The Kier molecular flexibility index (Phi) is 3.14. The summed E-state index contributed by atoms with van der Waals surface area (Å²) in [5.41, 5.74) is 1.81. The van der Waals surface area contributed by atoms with Gasteiger partial charge in [-0.2, -0.15) is 0 Å². The van der Waals surface area contributed by atoms with E-state index in [4.69, 9.17) is 0 Å². The number of aromatic hydroxyl groups is 1. The number of rotatable bonds is 2. The number of nitrogens with zero attached hydrogens (tertiary/aromatic N) is 1. The number of benzene rings is 2. The molecule has 0 saturated heterocycles. The van der Waals surface area contributed by atoms with Crippen LogP contribution in [0, 0.1) is 0 Å². The molecule has 0 unspecified atom stereocenters. The minimum atomic E-state index is -3.57. The Morgan fingerprint density at radius 1 is 1.00 bits per heavy atom. The molecule has 20 heavy (non-hydrogen) atoms. The first-order valence-corrected chi connectivity index (χ1v) is 7.93. The lowest BCUT2D eigenvalue weighted by Crippen LogP contribution is -2.35. The van der Waals surface area contributed by atoms with Gasteiger partial charge < -0.3 is 5.11 Å². The van der Waals surface area contributed by atoms with E-state index in [9.17, 15) is 13.5 Å². The molecule has 1 aliphatic heterocycles. The van der Waals surface area contributed by atoms with E-state index in [1.165, 1.54) is 28.6 Å². The molecule has 0 radical (unpaired) electrons. The van der Waals surface area contributed by atoms with Gasteiger partial charge in [-0.25, -0.2) is 8.42 Å². The fourth-order valence-corrected chi connectivity index (χ4v) is 4.04. The molecule has 0 aromatic heterocycles. The van der Waals surface area contributed by atoms with E-state index in [0.717, 1.165) is 24.1 Å². The molecule has 0 amide bonds. The third kappa shape index (κ3) is 2.14. The summed E-state index contributed by atoms with van der Waals surface area (Å²) < 4.78 is 26.9. The SMILES string of the molecule is O=S(=O)(c1ccc(O)cc1)N1CCCc2ccccc21. The zero-order valence-corrected chi connectivity index (χ0v) is 11.7. The van der Waals surface area contributed by atoms with Crippen molar-refractivity contribution in [3.63, 3.8) is 0 Å². The number of phenols is 1. The van der Waals surface area contributed by atoms with Gasteiger partial charge in [-0.3, -0.25) is 4.31 Å². The molecule has 4 nitrogen and oxygen atoms in total. The fourth-order valence-electron chi connectivity index (χ4n) is 2.49. The summed E-state index contributed by atoms with van der Waals surface area (Å²) in [6, 6.07) is 13.2. The number of anilines is 1. The largest absolute Gasteiger partial charge is 0.508 e. The molecule has 1 aliphatic rings. The van der Waals surface area contributed by atoms with Crippen molar-refractivity contribution in [1.82, 2.24) is 0 Å². The highest BCUT2D eigenvalue weighted by atomic mass is 32.2. The van der Waals surface area contributed by atoms with Gasteiger partial charge in [0.25, 0.3) is 10.0 Å². The van der Waals surface area contributed by atoms with Gasteiger partial charge in [-0.1, -0.05) is 18.2 Å². The van der Waals surface area contributed by atoms with E-state index in [0.29, 0.717) is 6.54 Å². The minimum Gasteiger partial charge on any atom is -0.508 e. The van der Waals surface area contributed by atoms with Crippen LogP contribution in [0.25, 0.3) is 0 Å². The topological polar surface area (TPSA) is 57.6 Å². The lowest BCUT2D eigenvalue weighted by atomic mass is 10.0. The molecule has 0 aliphatic carbocycles. The van der Waals surface area contributed by atoms with Crippen molar-refractivity contribution in [3.8, 4) is 5.75 Å². The highest BCUT2D eigenvalue weighted by Gasteiger charge is 2.28. The number of hydrogen-bond donors (Lipinski definition) is 1. The van der Waals surface area contributed by atoms with Crippen molar-refractivity contribution in [1.29, 1.82) is 0 Å². The number of phenolic OH excluding ortho intramolecular Hbond substituents is 1. The van der Waals surface area contributed by atoms with Gasteiger partial charge >= 0.3 is 0 Å². The molecule has 2 aromatic carbocycles. The van der Waals surface area contributed by atoms with Crippen LogP contribution >= 0.6 is 0 Å². The maximum atomic E-state index is 12.7. The predicted molar refractivity (Wildman–Crippen MR) is 77.4 cm³/mol. The molecular formula is C15H15NO3S. The summed E-state index contributed by atoms with van der Waals surface area (Å²) in [6.07, 6.45) is 1.71. The smallest absolute Gasteiger partial charge is 0.264 e. The average molecular weight is 289 g/mol. The Morgan fingerprint density at radius 2 is 1.70 bits per heavy atom. The number of para-hydroxylation sites is 1. The summed E-state index contributed by atoms with van der Waals surface area (Å²) in [5.74, 6) is 0.0583. The van der Waals surface area contributed by atoms with Gasteiger partial charge in [-0.15, -0.1) is 0 Å². The van der Waals surface area contributed by atoms with Gasteiger partial charge in [0.15, 0.2) is 0 Å². The normalized spacial score (nSPS) is 14.9. The minimum absolute atomic E-state index is 0.0583. The van der Waals surface area contributed by atoms with Crippen LogP contribution in [-0.4, -0.2) is 20.1 Å². The number of fused-ring (bicyclic) bond motifs is 1. The summed E-state index contributed by atoms with van der Waals surface area (Å²) >= 11 is 0. The second-order valence-corrected chi connectivity index (χ2v) is 6.67. The zero-order valence-electron chi connectivity index (χ0n) is 10.9. The van der Waals surface area contributed by atoms with Crippen LogP contribution in [0.15, 0.2) is 53.4 Å². The molecule has 0 saturated carbocycles. The van der Waals surface area contributed by atoms with Crippen molar-refractivity contribution >= 4 is 15.7 Å². The van der Waals surface area contributed by atoms with Gasteiger partial charge in [-0.05, 0) is 48.7 Å². The second-order valence-electron chi connectivity index (χ2n) is 4.80. The average Bonchev–Trinajstić information content (AvgIpc) is 2.47. The zero-order chi connectivity index (χ0) is 14.2. The van der Waals surface area contributed by atoms with Crippen LogP contribution < -0.4 is 4.31 Å². The van der Waals surface area contributed by atoms with E-state index < -0.39 is 10.0 Å². The van der Waals surface area contributed by atoms with Crippen molar-refractivity contribution in [2.75, 3.05) is 10.8 Å². The molecule has 1 heterocycles. The first kappa shape index (κ1) is 13.0. The molecular weight excluding hydrogens is 274 g/mol. The number of hydrogen-bond acceptors (Lipinski definition) is 3. The third-order valence-electron chi connectivity index (χ3n) is 3.49. The van der Waals surface area contributed by atoms with Crippen LogP contribution in [0.2, 0.25) is 0 Å². The predicted octanol–water partition coefficient (Wildman–Crippen LogP) is 2.53. The molecule has 3 rings (SSSR count).